The topological polar surface area (TPSA) is 108 Å². The largest absolute Gasteiger partial charge is 0.378 e. The zero-order chi connectivity index (χ0) is 16.5. The van der Waals surface area contributed by atoms with E-state index in [1.165, 1.54) is 0 Å². The zero-order valence-electron chi connectivity index (χ0n) is 13.4. The molecule has 2 N–H and O–H groups in total. The summed E-state index contributed by atoms with van der Waals surface area (Å²) in [7, 11) is 0. The van der Waals surface area contributed by atoms with Crippen LogP contribution in [-0.2, 0) is 11.3 Å². The van der Waals surface area contributed by atoms with Crippen molar-refractivity contribution in [3.8, 4) is 11.3 Å². The molecule has 3 aromatic rings. The van der Waals surface area contributed by atoms with Crippen LogP contribution < -0.4 is 10.6 Å². The maximum atomic E-state index is 5.60. The van der Waals surface area contributed by atoms with Gasteiger partial charge in [0.1, 0.15) is 0 Å². The lowest BCUT2D eigenvalue weighted by molar-refractivity contribution is 0.122. The van der Waals surface area contributed by atoms with E-state index in [1.807, 2.05) is 11.6 Å². The van der Waals surface area contributed by atoms with E-state index in [0.717, 1.165) is 41.9 Å². The molecule has 0 unspecified atom stereocenters. The summed E-state index contributed by atoms with van der Waals surface area (Å²) in [6.45, 7) is 5.66. The Labute approximate surface area is 138 Å². The minimum atomic E-state index is 0.238. The molecule has 0 saturated carbocycles. The molecule has 1 aliphatic heterocycles. The summed E-state index contributed by atoms with van der Waals surface area (Å²) in [6, 6.07) is 0. The van der Waals surface area contributed by atoms with E-state index >= 15 is 0 Å². The maximum absolute atomic E-state index is 5.60. The van der Waals surface area contributed by atoms with E-state index in [4.69, 9.17) is 20.4 Å². The molecule has 0 radical (unpaired) electrons. The van der Waals surface area contributed by atoms with E-state index in [1.54, 1.807) is 18.6 Å². The molecule has 24 heavy (non-hydrogen) atoms. The van der Waals surface area contributed by atoms with Crippen LogP contribution in [0.2, 0.25) is 0 Å². The van der Waals surface area contributed by atoms with Gasteiger partial charge in [-0.15, -0.1) is 0 Å². The molecule has 1 aliphatic rings. The van der Waals surface area contributed by atoms with Gasteiger partial charge >= 0.3 is 0 Å². The predicted octanol–water partition coefficient (Wildman–Crippen LogP) is 0.722. The van der Waals surface area contributed by atoms with Crippen LogP contribution in [0.4, 0.5) is 11.9 Å². The number of fused-ring (bicyclic) bond motifs is 1. The quantitative estimate of drug-likeness (QED) is 0.750. The summed E-state index contributed by atoms with van der Waals surface area (Å²) in [4.78, 5) is 19.8. The highest BCUT2D eigenvalue weighted by Crippen LogP contribution is 2.28. The summed E-state index contributed by atoms with van der Waals surface area (Å²) >= 11 is 0. The molecule has 9 heteroatoms. The lowest BCUT2D eigenvalue weighted by Gasteiger charge is -2.27. The number of nitrogen functional groups attached to an aromatic ring is 1. The van der Waals surface area contributed by atoms with Crippen molar-refractivity contribution < 1.29 is 4.74 Å². The molecule has 4 rings (SSSR count). The van der Waals surface area contributed by atoms with Gasteiger partial charge in [-0.1, -0.05) is 0 Å². The van der Waals surface area contributed by atoms with Gasteiger partial charge in [0, 0.05) is 37.6 Å². The van der Waals surface area contributed by atoms with Gasteiger partial charge in [0.15, 0.2) is 5.65 Å². The van der Waals surface area contributed by atoms with Crippen LogP contribution >= 0.6 is 0 Å². The first kappa shape index (κ1) is 14.8. The van der Waals surface area contributed by atoms with Crippen molar-refractivity contribution in [1.82, 2.24) is 29.7 Å². The van der Waals surface area contributed by atoms with Crippen molar-refractivity contribution in [2.75, 3.05) is 36.9 Å². The molecule has 9 nitrogen and oxygen atoms in total. The summed E-state index contributed by atoms with van der Waals surface area (Å²) in [6.07, 6.45) is 5.14. The van der Waals surface area contributed by atoms with Crippen molar-refractivity contribution >= 4 is 22.9 Å². The van der Waals surface area contributed by atoms with Crippen molar-refractivity contribution in [3.63, 3.8) is 0 Å². The highest BCUT2D eigenvalue weighted by Gasteiger charge is 2.19. The molecule has 1 fully saturated rings. The Kier molecular flexibility index (Phi) is 3.69. The third-order valence-corrected chi connectivity index (χ3v) is 4.02. The monoisotopic (exact) mass is 326 g/mol. The Morgan fingerprint density at radius 1 is 1.12 bits per heavy atom. The zero-order valence-corrected chi connectivity index (χ0v) is 13.4. The molecule has 0 amide bonds. The van der Waals surface area contributed by atoms with E-state index < -0.39 is 0 Å². The number of aromatic nitrogens is 6. The van der Waals surface area contributed by atoms with Crippen LogP contribution in [0.1, 0.15) is 6.92 Å². The minimum Gasteiger partial charge on any atom is -0.378 e. The first-order valence-corrected chi connectivity index (χ1v) is 7.90. The third-order valence-electron chi connectivity index (χ3n) is 4.02. The number of rotatable bonds is 3. The fourth-order valence-corrected chi connectivity index (χ4v) is 2.76. The van der Waals surface area contributed by atoms with Crippen LogP contribution in [-0.4, -0.2) is 56.0 Å². The van der Waals surface area contributed by atoms with Crippen molar-refractivity contribution in [2.24, 2.45) is 0 Å². The number of morpholine rings is 1. The summed E-state index contributed by atoms with van der Waals surface area (Å²) in [5.74, 6) is 0.912. The number of anilines is 2. The first-order valence-electron chi connectivity index (χ1n) is 7.90. The molecular weight excluding hydrogens is 308 g/mol. The Hall–Kier alpha value is -2.81. The highest BCUT2D eigenvalue weighted by molar-refractivity contribution is 5.90. The Balaban J connectivity index is 1.89. The number of aryl methyl sites for hydroxylation is 1. The average Bonchev–Trinajstić information content (AvgIpc) is 3.05. The Bertz CT molecular complexity index is 854. The molecule has 0 aromatic carbocycles. The smallest absolute Gasteiger partial charge is 0.228 e. The second kappa shape index (κ2) is 6.00. The Morgan fingerprint density at radius 3 is 2.58 bits per heavy atom. The lowest BCUT2D eigenvalue weighted by atomic mass is 10.2. The number of hydrogen-bond donors (Lipinski definition) is 1. The van der Waals surface area contributed by atoms with Crippen LogP contribution in [0.25, 0.3) is 22.3 Å². The molecule has 124 valence electrons. The normalized spacial score (nSPS) is 15.1. The number of ether oxygens (including phenoxy) is 1. The molecule has 1 saturated heterocycles. The van der Waals surface area contributed by atoms with E-state index in [0.29, 0.717) is 19.2 Å². The molecule has 0 spiro atoms. The highest BCUT2D eigenvalue weighted by atomic mass is 16.5. The van der Waals surface area contributed by atoms with Gasteiger partial charge in [0.2, 0.25) is 11.9 Å². The Morgan fingerprint density at radius 2 is 1.88 bits per heavy atom. The lowest BCUT2D eigenvalue weighted by Crippen LogP contribution is -2.37. The molecule has 0 bridgehead atoms. The molecule has 3 aromatic heterocycles. The molecule has 0 aliphatic carbocycles. The van der Waals surface area contributed by atoms with Crippen LogP contribution in [0.5, 0.6) is 0 Å². The minimum absolute atomic E-state index is 0.238. The van der Waals surface area contributed by atoms with Crippen LogP contribution in [0.15, 0.2) is 18.6 Å². The summed E-state index contributed by atoms with van der Waals surface area (Å²) in [5.41, 5.74) is 7.96. The SMILES string of the molecule is CCn1ncc2c(-c3cnc(N)nc3)nc(N3CCOCC3)nc21. The second-order valence-electron chi connectivity index (χ2n) is 5.50. The number of nitrogens with two attached hydrogens (primary N) is 1. The second-order valence-corrected chi connectivity index (χ2v) is 5.50. The predicted molar refractivity (Wildman–Crippen MR) is 89.5 cm³/mol. The molecule has 4 heterocycles. The maximum Gasteiger partial charge on any atom is 0.228 e. The number of hydrogen-bond acceptors (Lipinski definition) is 8. The first-order chi connectivity index (χ1) is 11.8. The van der Waals surface area contributed by atoms with Gasteiger partial charge in [0.05, 0.1) is 30.5 Å². The van der Waals surface area contributed by atoms with E-state index in [-0.39, 0.29) is 5.95 Å². The van der Waals surface area contributed by atoms with Gasteiger partial charge in [-0.2, -0.15) is 10.1 Å². The van der Waals surface area contributed by atoms with Crippen LogP contribution in [0.3, 0.4) is 0 Å². The fraction of sp³-hybridized carbons (Fsp3) is 0.400. The summed E-state index contributed by atoms with van der Waals surface area (Å²) < 4.78 is 7.28. The van der Waals surface area contributed by atoms with Crippen molar-refractivity contribution in [1.29, 1.82) is 0 Å². The van der Waals surface area contributed by atoms with Gasteiger partial charge in [-0.25, -0.2) is 19.6 Å². The van der Waals surface area contributed by atoms with Crippen LogP contribution in [0, 0.1) is 0 Å². The van der Waals surface area contributed by atoms with Crippen molar-refractivity contribution in [3.05, 3.63) is 18.6 Å². The van der Waals surface area contributed by atoms with E-state index in [9.17, 15) is 0 Å². The van der Waals surface area contributed by atoms with Gasteiger partial charge < -0.3 is 15.4 Å². The van der Waals surface area contributed by atoms with Crippen molar-refractivity contribution in [2.45, 2.75) is 13.5 Å². The van der Waals surface area contributed by atoms with Gasteiger partial charge in [-0.05, 0) is 6.92 Å². The summed E-state index contributed by atoms with van der Waals surface area (Å²) in [5, 5.41) is 5.29. The standard InChI is InChI=1S/C15H18N8O/c1-2-23-13-11(9-19-23)12(10-7-17-14(16)18-8-10)20-15(21-13)22-3-5-24-6-4-22/h7-9H,2-6H2,1H3,(H2,16,17,18). The molecular formula is C15H18N8O. The average molecular weight is 326 g/mol. The molecule has 0 atom stereocenters. The fourth-order valence-electron chi connectivity index (χ4n) is 2.76. The third kappa shape index (κ3) is 2.52. The number of nitrogens with zero attached hydrogens (tertiary/aromatic N) is 7. The van der Waals surface area contributed by atoms with Gasteiger partial charge in [0.25, 0.3) is 0 Å². The van der Waals surface area contributed by atoms with E-state index in [2.05, 4.69) is 20.0 Å². The van der Waals surface area contributed by atoms with Gasteiger partial charge in [-0.3, -0.25) is 0 Å².